The van der Waals surface area contributed by atoms with Crippen molar-refractivity contribution >= 4 is 41.2 Å². The fourth-order valence-electron chi connectivity index (χ4n) is 4.51. The highest BCUT2D eigenvalue weighted by molar-refractivity contribution is 6.30. The maximum Gasteiger partial charge on any atom is 0.430 e. The molecule has 2 aromatic carbocycles. The number of carboxylic acid groups (broad SMARTS) is 2. The third kappa shape index (κ3) is 9.47. The van der Waals surface area contributed by atoms with Crippen molar-refractivity contribution in [2.75, 3.05) is 13.1 Å². The molecule has 1 saturated heterocycles. The number of benzene rings is 2. The Morgan fingerprint density at radius 2 is 1.62 bits per heavy atom. The van der Waals surface area contributed by atoms with E-state index < -0.39 is 29.6 Å². The molecule has 3 rings (SSSR count). The third-order valence-electron chi connectivity index (χ3n) is 6.81. The van der Waals surface area contributed by atoms with E-state index in [1.54, 1.807) is 61.2 Å². The number of carbonyl (C=O) groups is 4. The molecule has 42 heavy (non-hydrogen) atoms. The number of amidine groups is 1. The second-order valence-corrected chi connectivity index (χ2v) is 10.8. The molecule has 10 nitrogen and oxygen atoms in total. The predicted molar refractivity (Wildman–Crippen MR) is 145 cm³/mol. The molecule has 1 unspecified atom stereocenters. The van der Waals surface area contributed by atoms with Crippen LogP contribution in [0.5, 0.6) is 0 Å². The number of alkyl halides is 3. The Morgan fingerprint density at radius 1 is 1.10 bits per heavy atom. The molecule has 14 heteroatoms. The number of halogens is 4. The highest BCUT2D eigenvalue weighted by Crippen LogP contribution is 2.37. The molecule has 0 bridgehead atoms. The predicted octanol–water partition coefficient (Wildman–Crippen LogP) is 1.31. The van der Waals surface area contributed by atoms with Crippen molar-refractivity contribution in [1.29, 1.82) is 0 Å². The number of carboxylic acids is 2. The average molecular weight is 613 g/mol. The second-order valence-electron chi connectivity index (χ2n) is 10.3. The summed E-state index contributed by atoms with van der Waals surface area (Å²) in [6, 6.07) is 13.0. The molecule has 2 aromatic rings. The van der Waals surface area contributed by atoms with Crippen molar-refractivity contribution in [3.8, 4) is 0 Å². The first-order chi connectivity index (χ1) is 19.4. The zero-order valence-electron chi connectivity index (χ0n) is 22.9. The fraction of sp³-hybridized carbons (Fsp3) is 0.393. The van der Waals surface area contributed by atoms with Gasteiger partial charge in [0.1, 0.15) is 5.97 Å². The second kappa shape index (κ2) is 14.2. The average Bonchev–Trinajstić information content (AvgIpc) is 2.91. The molecule has 228 valence electrons. The Balaban J connectivity index is 0.000000782. The zero-order valence-corrected chi connectivity index (χ0v) is 23.7. The van der Waals surface area contributed by atoms with Crippen LogP contribution in [0.4, 0.5) is 13.2 Å². The van der Waals surface area contributed by atoms with Gasteiger partial charge in [-0.25, -0.2) is 0 Å². The molecule has 1 aliphatic heterocycles. The van der Waals surface area contributed by atoms with Gasteiger partial charge in [0.05, 0.1) is 17.0 Å². The molecule has 0 saturated carbocycles. The van der Waals surface area contributed by atoms with Crippen LogP contribution in [0.3, 0.4) is 0 Å². The lowest BCUT2D eigenvalue weighted by atomic mass is 9.78. The number of piperidine rings is 1. The summed E-state index contributed by atoms with van der Waals surface area (Å²) in [6.07, 6.45) is -3.81. The number of hydrogen-bond acceptors (Lipinski definition) is 5. The van der Waals surface area contributed by atoms with Crippen LogP contribution in [0.1, 0.15) is 60.6 Å². The molecule has 1 heterocycles. The minimum absolute atomic E-state index is 0.0610. The molecule has 0 radical (unpaired) electrons. The lowest BCUT2D eigenvalue weighted by Gasteiger charge is -2.40. The van der Waals surface area contributed by atoms with Gasteiger partial charge in [-0.1, -0.05) is 23.7 Å². The lowest BCUT2D eigenvalue weighted by Crippen LogP contribution is -2.51. The Hall–Kier alpha value is -4.13. The van der Waals surface area contributed by atoms with Crippen molar-refractivity contribution in [2.24, 2.45) is 17.1 Å². The molecule has 0 aromatic heterocycles. The largest absolute Gasteiger partial charge is 0.542 e. The Labute approximate surface area is 245 Å². The zero-order chi connectivity index (χ0) is 31.8. The number of hydrogen-bond donors (Lipinski definition) is 4. The maximum atomic E-state index is 13.7. The molecule has 1 fully saturated rings. The number of nitrogens with zero attached hydrogens (tertiary/aromatic N) is 1. The molecule has 0 aliphatic carbocycles. The quantitative estimate of drug-likeness (QED) is 0.256. The molecule has 1 atom stereocenters. The van der Waals surface area contributed by atoms with Crippen LogP contribution >= 0.6 is 11.6 Å². The van der Waals surface area contributed by atoms with Crippen LogP contribution in [-0.4, -0.2) is 58.9 Å². The van der Waals surface area contributed by atoms with Crippen LogP contribution in [0.2, 0.25) is 5.02 Å². The van der Waals surface area contributed by atoms with Crippen LogP contribution in [0.15, 0.2) is 48.5 Å². The first-order valence-electron chi connectivity index (χ1n) is 12.8. The van der Waals surface area contributed by atoms with E-state index >= 15 is 0 Å². The normalized spacial score (nSPS) is 14.7. The van der Waals surface area contributed by atoms with E-state index in [0.717, 1.165) is 0 Å². The first kappa shape index (κ1) is 34.1. The van der Waals surface area contributed by atoms with Gasteiger partial charge in [0.2, 0.25) is 5.91 Å². The summed E-state index contributed by atoms with van der Waals surface area (Å²) in [7, 11) is 0. The number of carbonyl (C=O) groups excluding carboxylic acids is 3. The lowest BCUT2D eigenvalue weighted by molar-refractivity contribution is -0.344. The number of likely N-dealkylation sites (tertiary alicyclic amines) is 1. The van der Waals surface area contributed by atoms with Crippen LogP contribution in [-0.2, 0) is 14.4 Å². The van der Waals surface area contributed by atoms with Gasteiger partial charge in [-0.05, 0) is 74.6 Å². The Kier molecular flexibility index (Phi) is 11.5. The van der Waals surface area contributed by atoms with Crippen molar-refractivity contribution in [3.05, 3.63) is 70.2 Å². The summed E-state index contributed by atoms with van der Waals surface area (Å²) in [6.45, 7) is 4.57. The summed E-state index contributed by atoms with van der Waals surface area (Å²) in [5, 5.41) is 27.0. The number of rotatable bonds is 8. The van der Waals surface area contributed by atoms with E-state index in [0.29, 0.717) is 47.6 Å². The molecule has 2 amide bonds. The number of nitrogens with one attached hydrogen (secondary N) is 1. The Morgan fingerprint density at radius 3 is 2.07 bits per heavy atom. The van der Waals surface area contributed by atoms with Gasteiger partial charge in [0.15, 0.2) is 0 Å². The highest BCUT2D eigenvalue weighted by Gasteiger charge is 2.42. The van der Waals surface area contributed by atoms with E-state index in [4.69, 9.17) is 37.8 Å². The highest BCUT2D eigenvalue weighted by atomic mass is 35.5. The summed E-state index contributed by atoms with van der Waals surface area (Å²) in [4.78, 5) is 48.5. The Bertz CT molecular complexity index is 1310. The molecule has 0 spiro atoms. The van der Waals surface area contributed by atoms with E-state index in [-0.39, 0.29) is 30.0 Å². The van der Waals surface area contributed by atoms with Crippen LogP contribution < -0.4 is 21.6 Å². The van der Waals surface area contributed by atoms with Gasteiger partial charge in [-0.15, -0.1) is 0 Å². The molecule has 6 N–H and O–H groups in total. The van der Waals surface area contributed by atoms with Crippen molar-refractivity contribution < 1.29 is 48.0 Å². The molecule has 1 aliphatic rings. The minimum atomic E-state index is -5.19. The van der Waals surface area contributed by atoms with Gasteiger partial charge in [-0.2, -0.15) is 13.2 Å². The van der Waals surface area contributed by atoms with E-state index in [9.17, 15) is 27.6 Å². The van der Waals surface area contributed by atoms with Gasteiger partial charge < -0.3 is 25.2 Å². The molecular weight excluding hydrogens is 581 g/mol. The summed E-state index contributed by atoms with van der Waals surface area (Å²) in [5.74, 6) is -4.07. The minimum Gasteiger partial charge on any atom is -0.542 e. The number of aliphatic carboxylic acids is 2. The van der Waals surface area contributed by atoms with Crippen molar-refractivity contribution in [2.45, 2.75) is 45.3 Å². The van der Waals surface area contributed by atoms with Gasteiger partial charge in [0.25, 0.3) is 11.7 Å². The monoisotopic (exact) mass is 612 g/mol. The standard InChI is InChI=1S/C26H31ClN4O4.C2HF3O2/c1-26(2,25(35)31-12-10-16(11-13-31)14-21(32)33)22(19-4-3-5-20(27)15-19)30-24(34)18-8-6-17(7-9-18)23(28)29;3-2(4,5)1(6)7/h3-9,15-16,22H,10-14H2,1-2H3,(H3,28,29)(H,30,34)(H,32,33);(H,6,7). The van der Waals surface area contributed by atoms with Crippen LogP contribution in [0, 0.1) is 11.3 Å². The van der Waals surface area contributed by atoms with E-state index in [2.05, 4.69) is 5.32 Å². The smallest absolute Gasteiger partial charge is 0.430 e. The maximum absolute atomic E-state index is 13.7. The van der Waals surface area contributed by atoms with Gasteiger partial charge in [0, 0.05) is 30.1 Å². The van der Waals surface area contributed by atoms with Crippen LogP contribution in [0.25, 0.3) is 0 Å². The van der Waals surface area contributed by atoms with E-state index in [1.165, 1.54) is 0 Å². The number of nitrogens with two attached hydrogens (primary N) is 2. The first-order valence-corrected chi connectivity index (χ1v) is 13.1. The van der Waals surface area contributed by atoms with Crippen molar-refractivity contribution in [3.63, 3.8) is 0 Å². The van der Waals surface area contributed by atoms with Gasteiger partial charge >= 0.3 is 12.1 Å². The summed E-state index contributed by atoms with van der Waals surface area (Å²) >= 11 is 6.24. The van der Waals surface area contributed by atoms with E-state index in [1.807, 2.05) is 6.07 Å². The third-order valence-corrected chi connectivity index (χ3v) is 7.04. The van der Waals surface area contributed by atoms with Gasteiger partial charge in [-0.3, -0.25) is 25.5 Å². The summed E-state index contributed by atoms with van der Waals surface area (Å²) in [5.41, 5.74) is 6.34. The molecular formula is C28H32ClF3N4O6. The summed E-state index contributed by atoms with van der Waals surface area (Å²) < 4.78 is 31.5. The number of amides is 2. The van der Waals surface area contributed by atoms with Crippen molar-refractivity contribution in [1.82, 2.24) is 10.2 Å². The SMILES string of the molecule is CC(C)(C(=O)N1CCC(CC(=O)O)CC1)C(NC(=O)c1ccc(C(N)=[NH2+])cc1)c1cccc(Cl)c1.O=C([O-])C(F)(F)F. The topological polar surface area (TPSA) is 178 Å². The fourth-order valence-corrected chi connectivity index (χ4v) is 4.71.